The van der Waals surface area contributed by atoms with E-state index < -0.39 is 6.04 Å². The Balaban J connectivity index is 1.65. The molecule has 1 N–H and O–H groups in total. The number of aryl methyl sites for hydroxylation is 1. The molecule has 0 radical (unpaired) electrons. The summed E-state index contributed by atoms with van der Waals surface area (Å²) in [6, 6.07) is 21.8. The molecule has 0 spiro atoms. The molecule has 1 aliphatic rings. The third-order valence-electron chi connectivity index (χ3n) is 5.93. The van der Waals surface area contributed by atoms with E-state index in [1.54, 1.807) is 24.1 Å². The first kappa shape index (κ1) is 22.7. The Labute approximate surface area is 208 Å². The summed E-state index contributed by atoms with van der Waals surface area (Å²) in [7, 11) is 1.61. The third-order valence-corrected chi connectivity index (χ3v) is 6.17. The van der Waals surface area contributed by atoms with E-state index in [4.69, 9.17) is 20.9 Å². The van der Waals surface area contributed by atoms with Gasteiger partial charge in [-0.3, -0.25) is 4.90 Å². The molecule has 3 aromatic carbocycles. The predicted octanol–water partition coefficient (Wildman–Crippen LogP) is 6.41. The van der Waals surface area contributed by atoms with Gasteiger partial charge in [-0.15, -0.1) is 0 Å². The van der Waals surface area contributed by atoms with Crippen LogP contribution in [0.25, 0.3) is 17.0 Å². The Morgan fingerprint density at radius 3 is 2.51 bits per heavy atom. The number of nitrogens with one attached hydrogen (secondary N) is 1. The second-order valence-corrected chi connectivity index (χ2v) is 8.70. The summed E-state index contributed by atoms with van der Waals surface area (Å²) in [5.41, 5.74) is 4.80. The molecule has 5 rings (SSSR count). The Morgan fingerprint density at radius 2 is 1.80 bits per heavy atom. The molecule has 0 fully saturated rings. The maximum absolute atomic E-state index is 13.3. The fourth-order valence-electron chi connectivity index (χ4n) is 4.22. The third kappa shape index (κ3) is 4.38. The Kier molecular flexibility index (Phi) is 6.01. The van der Waals surface area contributed by atoms with Crippen molar-refractivity contribution < 1.29 is 14.1 Å². The van der Waals surface area contributed by atoms with Crippen LogP contribution in [0.3, 0.4) is 0 Å². The maximum Gasteiger partial charge on any atom is 0.326 e. The highest BCUT2D eigenvalue weighted by Crippen LogP contribution is 2.39. The molecule has 176 valence electrons. The SMILES string of the molecule is COc1ccc(C2NC(=O)N(c3cccc(C)c3)C(C)=C2c2nc(-c3cccc(Cl)c3)no2)cc1. The number of aromatic nitrogens is 2. The van der Waals surface area contributed by atoms with Gasteiger partial charge in [-0.05, 0) is 61.4 Å². The first-order valence-corrected chi connectivity index (χ1v) is 11.4. The minimum absolute atomic E-state index is 0.243. The van der Waals surface area contributed by atoms with Gasteiger partial charge in [0.25, 0.3) is 5.89 Å². The van der Waals surface area contributed by atoms with Crippen molar-refractivity contribution in [3.05, 3.63) is 101 Å². The molecule has 35 heavy (non-hydrogen) atoms. The number of halogens is 1. The van der Waals surface area contributed by atoms with Crippen molar-refractivity contribution in [2.75, 3.05) is 12.0 Å². The number of hydrogen-bond donors (Lipinski definition) is 1. The van der Waals surface area contributed by atoms with Crippen molar-refractivity contribution in [3.8, 4) is 17.1 Å². The lowest BCUT2D eigenvalue weighted by atomic mass is 9.94. The van der Waals surface area contributed by atoms with Crippen molar-refractivity contribution in [1.29, 1.82) is 0 Å². The predicted molar refractivity (Wildman–Crippen MR) is 135 cm³/mol. The van der Waals surface area contributed by atoms with Gasteiger partial charge >= 0.3 is 6.03 Å². The zero-order valence-electron chi connectivity index (χ0n) is 19.4. The van der Waals surface area contributed by atoms with Gasteiger partial charge in [0.05, 0.1) is 24.4 Å². The molecule has 0 saturated carbocycles. The van der Waals surface area contributed by atoms with E-state index in [1.165, 1.54) is 0 Å². The summed E-state index contributed by atoms with van der Waals surface area (Å²) in [4.78, 5) is 19.6. The number of rotatable bonds is 5. The molecule has 0 aliphatic carbocycles. The molecule has 4 aromatic rings. The first-order chi connectivity index (χ1) is 16.9. The van der Waals surface area contributed by atoms with Crippen LogP contribution >= 0.6 is 11.6 Å². The van der Waals surface area contributed by atoms with Crippen molar-refractivity contribution in [3.63, 3.8) is 0 Å². The van der Waals surface area contributed by atoms with Gasteiger partial charge in [-0.2, -0.15) is 4.98 Å². The minimum Gasteiger partial charge on any atom is -0.497 e. The maximum atomic E-state index is 13.3. The number of amides is 2. The van der Waals surface area contributed by atoms with E-state index in [9.17, 15) is 4.79 Å². The quantitative estimate of drug-likeness (QED) is 0.352. The number of hydrogen-bond acceptors (Lipinski definition) is 5. The molecule has 1 aromatic heterocycles. The second-order valence-electron chi connectivity index (χ2n) is 8.26. The molecule has 1 unspecified atom stereocenters. The van der Waals surface area contributed by atoms with Crippen molar-refractivity contribution in [2.45, 2.75) is 19.9 Å². The van der Waals surface area contributed by atoms with E-state index in [0.717, 1.165) is 28.1 Å². The molecule has 0 saturated heterocycles. The number of urea groups is 1. The number of nitrogens with zero attached hydrogens (tertiary/aromatic N) is 3. The van der Waals surface area contributed by atoms with Crippen LogP contribution in [0.2, 0.25) is 5.02 Å². The zero-order chi connectivity index (χ0) is 24.5. The summed E-state index contributed by atoms with van der Waals surface area (Å²) in [6.07, 6.45) is 0. The van der Waals surface area contributed by atoms with Gasteiger partial charge in [-0.25, -0.2) is 4.79 Å². The normalized spacial score (nSPS) is 15.8. The average molecular weight is 487 g/mol. The smallest absolute Gasteiger partial charge is 0.326 e. The van der Waals surface area contributed by atoms with Crippen LogP contribution < -0.4 is 15.0 Å². The van der Waals surface area contributed by atoms with E-state index in [1.807, 2.05) is 74.5 Å². The summed E-state index contributed by atoms with van der Waals surface area (Å²) in [5, 5.41) is 7.89. The molecule has 7 nitrogen and oxygen atoms in total. The summed E-state index contributed by atoms with van der Waals surface area (Å²) < 4.78 is 11.0. The zero-order valence-corrected chi connectivity index (χ0v) is 20.2. The number of anilines is 1. The minimum atomic E-state index is -0.498. The van der Waals surface area contributed by atoms with Crippen LogP contribution in [0, 0.1) is 6.92 Å². The number of ether oxygens (including phenoxy) is 1. The molecule has 2 heterocycles. The molecule has 8 heteroatoms. The van der Waals surface area contributed by atoms with E-state index in [0.29, 0.717) is 28.0 Å². The highest BCUT2D eigenvalue weighted by molar-refractivity contribution is 6.30. The van der Waals surface area contributed by atoms with E-state index >= 15 is 0 Å². The van der Waals surface area contributed by atoms with Gasteiger partial charge < -0.3 is 14.6 Å². The van der Waals surface area contributed by atoms with Gasteiger partial charge in [0.2, 0.25) is 5.82 Å². The lowest BCUT2D eigenvalue weighted by molar-refractivity contribution is 0.244. The van der Waals surface area contributed by atoms with Crippen molar-refractivity contribution >= 4 is 28.9 Å². The molecule has 2 amide bonds. The Hall–Kier alpha value is -4.10. The fraction of sp³-hybridized carbons (Fsp3) is 0.148. The first-order valence-electron chi connectivity index (χ1n) is 11.1. The van der Waals surface area contributed by atoms with Gasteiger partial charge in [0.1, 0.15) is 5.75 Å². The van der Waals surface area contributed by atoms with Gasteiger partial charge in [-0.1, -0.05) is 53.2 Å². The Morgan fingerprint density at radius 1 is 1.03 bits per heavy atom. The highest BCUT2D eigenvalue weighted by Gasteiger charge is 2.36. The fourth-order valence-corrected chi connectivity index (χ4v) is 4.41. The van der Waals surface area contributed by atoms with Crippen LogP contribution in [0.5, 0.6) is 5.75 Å². The lowest BCUT2D eigenvalue weighted by Crippen LogP contribution is -2.46. The number of benzene rings is 3. The van der Waals surface area contributed by atoms with E-state index in [2.05, 4.69) is 15.5 Å². The lowest BCUT2D eigenvalue weighted by Gasteiger charge is -2.35. The van der Waals surface area contributed by atoms with Gasteiger partial charge in [0.15, 0.2) is 0 Å². The number of allylic oxidation sites excluding steroid dienone is 1. The largest absolute Gasteiger partial charge is 0.497 e. The standard InChI is InChI=1S/C27H23ClN4O3/c1-16-6-4-9-21(14-16)32-17(2)23(24(29-27(32)33)18-10-12-22(34-3)13-11-18)26-30-25(31-35-26)19-7-5-8-20(28)15-19/h4-15,24H,1-3H3,(H,29,33). The monoisotopic (exact) mass is 486 g/mol. The molecule has 1 aliphatic heterocycles. The summed E-state index contributed by atoms with van der Waals surface area (Å²) >= 11 is 6.16. The van der Waals surface area contributed by atoms with E-state index in [-0.39, 0.29) is 6.03 Å². The van der Waals surface area contributed by atoms with Gasteiger partial charge in [0, 0.05) is 16.3 Å². The number of carbonyl (C=O) groups excluding carboxylic acids is 1. The molecule has 0 bridgehead atoms. The average Bonchev–Trinajstić information content (AvgIpc) is 3.34. The summed E-state index contributed by atoms with van der Waals surface area (Å²) in [5.74, 6) is 1.45. The number of methoxy groups -OCH3 is 1. The van der Waals surface area contributed by atoms with Crippen LogP contribution in [0.4, 0.5) is 10.5 Å². The van der Waals surface area contributed by atoms with Crippen LogP contribution in [-0.4, -0.2) is 23.3 Å². The molecular weight excluding hydrogens is 464 g/mol. The van der Waals surface area contributed by atoms with Crippen LogP contribution in [0.15, 0.2) is 83.0 Å². The highest BCUT2D eigenvalue weighted by atomic mass is 35.5. The Bertz CT molecular complexity index is 1430. The van der Waals surface area contributed by atoms with Crippen LogP contribution in [-0.2, 0) is 0 Å². The number of carbonyl (C=O) groups is 1. The topological polar surface area (TPSA) is 80.5 Å². The molecular formula is C27H23ClN4O3. The summed E-state index contributed by atoms with van der Waals surface area (Å²) in [6.45, 7) is 3.87. The van der Waals surface area contributed by atoms with Crippen molar-refractivity contribution in [1.82, 2.24) is 15.5 Å². The molecule has 1 atom stereocenters. The second kappa shape index (κ2) is 9.27. The van der Waals surface area contributed by atoms with Crippen molar-refractivity contribution in [2.24, 2.45) is 0 Å². The van der Waals surface area contributed by atoms with Crippen LogP contribution in [0.1, 0.15) is 30.0 Å².